The molecule has 0 radical (unpaired) electrons. The summed E-state index contributed by atoms with van der Waals surface area (Å²) in [6, 6.07) is 7.48. The van der Waals surface area contributed by atoms with Crippen LogP contribution in [0.2, 0.25) is 0 Å². The van der Waals surface area contributed by atoms with Crippen molar-refractivity contribution in [1.29, 1.82) is 0 Å². The first-order chi connectivity index (χ1) is 11.6. The van der Waals surface area contributed by atoms with Crippen LogP contribution in [0.4, 0.5) is 0 Å². The zero-order chi connectivity index (χ0) is 17.1. The molecule has 1 aromatic heterocycles. The molecular weight excluding hydrogens is 328 g/mol. The fourth-order valence-corrected chi connectivity index (χ4v) is 3.10. The van der Waals surface area contributed by atoms with Crippen molar-refractivity contribution < 1.29 is 14.3 Å². The van der Waals surface area contributed by atoms with Crippen LogP contribution >= 0.6 is 11.8 Å². The SMILES string of the molecule is C=CCn1c(SC(C)C(N)=O)nnc1C1COc2ccccc2O1. The lowest BCUT2D eigenvalue weighted by atomic mass is 10.2. The standard InChI is InChI=1S/C16H18N4O3S/c1-3-8-20-15(18-19-16(20)24-10(2)14(17)21)13-9-22-11-6-4-5-7-12(11)23-13/h3-7,10,13H,1,8-9H2,2H3,(H2,17,21). The summed E-state index contributed by atoms with van der Waals surface area (Å²) in [5.41, 5.74) is 5.33. The second-order valence-electron chi connectivity index (χ2n) is 5.27. The van der Waals surface area contributed by atoms with Gasteiger partial charge in [0, 0.05) is 6.54 Å². The largest absolute Gasteiger partial charge is 0.485 e. The zero-order valence-corrected chi connectivity index (χ0v) is 14.0. The van der Waals surface area contributed by atoms with Gasteiger partial charge in [0.15, 0.2) is 28.6 Å². The van der Waals surface area contributed by atoms with E-state index in [9.17, 15) is 4.79 Å². The monoisotopic (exact) mass is 346 g/mol. The molecule has 0 saturated heterocycles. The number of aromatic nitrogens is 3. The molecule has 0 fully saturated rings. The summed E-state index contributed by atoms with van der Waals surface area (Å²) < 4.78 is 13.6. The Morgan fingerprint density at radius 3 is 2.96 bits per heavy atom. The van der Waals surface area contributed by atoms with E-state index in [0.29, 0.717) is 35.6 Å². The van der Waals surface area contributed by atoms with Crippen LogP contribution in [0.1, 0.15) is 18.9 Å². The van der Waals surface area contributed by atoms with E-state index in [2.05, 4.69) is 16.8 Å². The number of rotatable bonds is 6. The maximum atomic E-state index is 11.3. The number of hydrogen-bond donors (Lipinski definition) is 1. The number of para-hydroxylation sites is 2. The third-order valence-electron chi connectivity index (χ3n) is 3.54. The van der Waals surface area contributed by atoms with E-state index in [0.717, 1.165) is 0 Å². The third kappa shape index (κ3) is 3.23. The average Bonchev–Trinajstić information content (AvgIpc) is 2.97. The van der Waals surface area contributed by atoms with E-state index in [1.165, 1.54) is 11.8 Å². The molecule has 0 saturated carbocycles. The van der Waals surface area contributed by atoms with Crippen molar-refractivity contribution in [3.8, 4) is 11.5 Å². The Labute approximate surface area is 143 Å². The van der Waals surface area contributed by atoms with Gasteiger partial charge in [-0.2, -0.15) is 0 Å². The van der Waals surface area contributed by atoms with Gasteiger partial charge in [-0.3, -0.25) is 9.36 Å². The van der Waals surface area contributed by atoms with Crippen molar-refractivity contribution in [1.82, 2.24) is 14.8 Å². The Hall–Kier alpha value is -2.48. The molecule has 1 amide bonds. The Bertz CT molecular complexity index is 762. The maximum Gasteiger partial charge on any atom is 0.230 e. The zero-order valence-electron chi connectivity index (χ0n) is 13.2. The second-order valence-corrected chi connectivity index (χ2v) is 6.57. The molecule has 0 aliphatic carbocycles. The van der Waals surface area contributed by atoms with E-state index >= 15 is 0 Å². The van der Waals surface area contributed by atoms with Crippen molar-refractivity contribution >= 4 is 17.7 Å². The lowest BCUT2D eigenvalue weighted by Gasteiger charge is -2.26. The predicted molar refractivity (Wildman–Crippen MR) is 90.0 cm³/mol. The van der Waals surface area contributed by atoms with Crippen molar-refractivity contribution in [2.24, 2.45) is 5.73 Å². The number of nitrogens with two attached hydrogens (primary N) is 1. The van der Waals surface area contributed by atoms with Gasteiger partial charge in [-0.25, -0.2) is 0 Å². The van der Waals surface area contributed by atoms with Crippen LogP contribution in [0, 0.1) is 0 Å². The van der Waals surface area contributed by atoms with Gasteiger partial charge >= 0.3 is 0 Å². The molecule has 2 unspecified atom stereocenters. The van der Waals surface area contributed by atoms with Crippen molar-refractivity contribution in [3.63, 3.8) is 0 Å². The molecule has 2 aromatic rings. The molecule has 8 heteroatoms. The highest BCUT2D eigenvalue weighted by Crippen LogP contribution is 2.36. The molecule has 1 aromatic carbocycles. The first kappa shape index (κ1) is 16.4. The summed E-state index contributed by atoms with van der Waals surface area (Å²) in [5, 5.41) is 8.59. The summed E-state index contributed by atoms with van der Waals surface area (Å²) in [6.07, 6.45) is 1.36. The lowest BCUT2D eigenvalue weighted by Crippen LogP contribution is -2.25. The van der Waals surface area contributed by atoms with Gasteiger partial charge < -0.3 is 15.2 Å². The molecule has 3 rings (SSSR count). The number of hydrogen-bond acceptors (Lipinski definition) is 6. The topological polar surface area (TPSA) is 92.3 Å². The molecular formula is C16H18N4O3S. The van der Waals surface area contributed by atoms with Gasteiger partial charge in [-0.15, -0.1) is 16.8 Å². The van der Waals surface area contributed by atoms with Crippen molar-refractivity contribution in [3.05, 3.63) is 42.7 Å². The predicted octanol–water partition coefficient (Wildman–Crippen LogP) is 1.94. The van der Waals surface area contributed by atoms with E-state index in [1.54, 1.807) is 13.0 Å². The highest BCUT2D eigenvalue weighted by molar-refractivity contribution is 8.00. The number of carbonyl (C=O) groups is 1. The van der Waals surface area contributed by atoms with Crippen LogP contribution in [0.25, 0.3) is 0 Å². The number of amides is 1. The fourth-order valence-electron chi connectivity index (χ4n) is 2.29. The molecule has 24 heavy (non-hydrogen) atoms. The summed E-state index contributed by atoms with van der Waals surface area (Å²) in [4.78, 5) is 11.3. The molecule has 2 heterocycles. The van der Waals surface area contributed by atoms with E-state index < -0.39 is 11.2 Å². The van der Waals surface area contributed by atoms with Crippen LogP contribution in [0.3, 0.4) is 0 Å². The highest BCUT2D eigenvalue weighted by atomic mass is 32.2. The van der Waals surface area contributed by atoms with Gasteiger partial charge in [0.2, 0.25) is 5.91 Å². The second kappa shape index (κ2) is 6.96. The quantitative estimate of drug-likeness (QED) is 0.635. The van der Waals surface area contributed by atoms with Crippen molar-refractivity contribution in [2.45, 2.75) is 30.0 Å². The molecule has 2 atom stereocenters. The van der Waals surface area contributed by atoms with E-state index in [1.807, 2.05) is 28.8 Å². The van der Waals surface area contributed by atoms with E-state index in [4.69, 9.17) is 15.2 Å². The van der Waals surface area contributed by atoms with Crippen LogP contribution in [-0.2, 0) is 11.3 Å². The first-order valence-electron chi connectivity index (χ1n) is 7.48. The Morgan fingerprint density at radius 2 is 2.25 bits per heavy atom. The number of allylic oxidation sites excluding steroid dienone is 1. The number of benzene rings is 1. The van der Waals surface area contributed by atoms with Crippen LogP contribution in [0.5, 0.6) is 11.5 Å². The number of primary amides is 1. The van der Waals surface area contributed by atoms with Crippen LogP contribution < -0.4 is 15.2 Å². The molecule has 7 nitrogen and oxygen atoms in total. The Balaban J connectivity index is 1.87. The Morgan fingerprint density at radius 1 is 1.50 bits per heavy atom. The number of carbonyl (C=O) groups excluding carboxylic acids is 1. The summed E-state index contributed by atoms with van der Waals surface area (Å²) >= 11 is 1.26. The van der Waals surface area contributed by atoms with Gasteiger partial charge in [0.05, 0.1) is 5.25 Å². The maximum absolute atomic E-state index is 11.3. The number of ether oxygens (including phenoxy) is 2. The van der Waals surface area contributed by atoms with Crippen molar-refractivity contribution in [2.75, 3.05) is 6.61 Å². The fraction of sp³-hybridized carbons (Fsp3) is 0.312. The summed E-state index contributed by atoms with van der Waals surface area (Å²) in [5.74, 6) is 1.60. The molecule has 1 aliphatic heterocycles. The van der Waals surface area contributed by atoms with Crippen LogP contribution in [-0.4, -0.2) is 32.5 Å². The minimum Gasteiger partial charge on any atom is -0.485 e. The molecule has 0 spiro atoms. The van der Waals surface area contributed by atoms with E-state index in [-0.39, 0.29) is 6.10 Å². The van der Waals surface area contributed by atoms with Crippen LogP contribution in [0.15, 0.2) is 42.1 Å². The minimum atomic E-state index is -0.408. The van der Waals surface area contributed by atoms with Gasteiger partial charge in [-0.1, -0.05) is 30.0 Å². The first-order valence-corrected chi connectivity index (χ1v) is 8.36. The summed E-state index contributed by atoms with van der Waals surface area (Å²) in [7, 11) is 0. The van der Waals surface area contributed by atoms with Gasteiger partial charge in [0.25, 0.3) is 0 Å². The number of thioether (sulfide) groups is 1. The van der Waals surface area contributed by atoms with Gasteiger partial charge in [0.1, 0.15) is 6.61 Å². The van der Waals surface area contributed by atoms with Gasteiger partial charge in [-0.05, 0) is 19.1 Å². The molecule has 0 bridgehead atoms. The molecule has 2 N–H and O–H groups in total. The number of fused-ring (bicyclic) bond motifs is 1. The molecule has 126 valence electrons. The normalized spacial score (nSPS) is 17.3. The third-order valence-corrected chi connectivity index (χ3v) is 4.64. The Kier molecular flexibility index (Phi) is 4.75. The highest BCUT2D eigenvalue weighted by Gasteiger charge is 2.29. The number of nitrogens with zero attached hydrogens (tertiary/aromatic N) is 3. The molecule has 1 aliphatic rings. The minimum absolute atomic E-state index is 0.336. The lowest BCUT2D eigenvalue weighted by molar-refractivity contribution is -0.117. The summed E-state index contributed by atoms with van der Waals surface area (Å²) in [6.45, 7) is 6.33. The smallest absolute Gasteiger partial charge is 0.230 e. The average molecular weight is 346 g/mol.